The van der Waals surface area contributed by atoms with Crippen LogP contribution in [0, 0.1) is 5.92 Å². The monoisotopic (exact) mass is 279 g/mol. The number of sulfone groups is 1. The molecule has 102 valence electrons. The molecule has 0 aromatic carbocycles. The molecule has 1 aliphatic rings. The Kier molecular flexibility index (Phi) is 6.31. The smallest absolute Gasteiger partial charge is 0.148 e. The predicted octanol–water partition coefficient (Wildman–Crippen LogP) is 1.93. The molecular weight excluding hydrogens is 254 g/mol. The molecule has 0 heterocycles. The van der Waals surface area contributed by atoms with E-state index >= 15 is 0 Å². The Hall–Kier alpha value is 0.260. The molecule has 0 saturated heterocycles. The van der Waals surface area contributed by atoms with Gasteiger partial charge in [0.25, 0.3) is 0 Å². The first-order valence-electron chi connectivity index (χ1n) is 6.46. The van der Waals surface area contributed by atoms with Crippen LogP contribution in [0.5, 0.6) is 0 Å². The minimum absolute atomic E-state index is 0.313. The van der Waals surface area contributed by atoms with Gasteiger partial charge in [-0.15, -0.1) is 0 Å². The summed E-state index contributed by atoms with van der Waals surface area (Å²) in [5, 5.41) is 4.22. The van der Waals surface area contributed by atoms with Crippen LogP contribution < -0.4 is 5.32 Å². The Balaban J connectivity index is 2.27. The second-order valence-electron chi connectivity index (χ2n) is 5.04. The van der Waals surface area contributed by atoms with Crippen LogP contribution in [0.4, 0.5) is 0 Å². The third kappa shape index (κ3) is 5.62. The van der Waals surface area contributed by atoms with Crippen molar-refractivity contribution in [2.24, 2.45) is 5.92 Å². The molecule has 3 nitrogen and oxygen atoms in total. The number of rotatable bonds is 7. The lowest BCUT2D eigenvalue weighted by atomic mass is 10.1. The zero-order valence-electron chi connectivity index (χ0n) is 11.1. The van der Waals surface area contributed by atoms with Gasteiger partial charge in [-0.25, -0.2) is 8.42 Å². The lowest BCUT2D eigenvalue weighted by Crippen LogP contribution is -2.33. The van der Waals surface area contributed by atoms with Crippen LogP contribution in [0.2, 0.25) is 0 Å². The SMILES string of the molecule is CCCNC1CCC(SCCS(C)(=O)=O)C1C. The molecule has 5 heteroatoms. The zero-order chi connectivity index (χ0) is 12.9. The van der Waals surface area contributed by atoms with Gasteiger partial charge in [-0.3, -0.25) is 0 Å². The molecule has 0 bridgehead atoms. The van der Waals surface area contributed by atoms with Crippen molar-refractivity contribution in [3.05, 3.63) is 0 Å². The van der Waals surface area contributed by atoms with Gasteiger partial charge < -0.3 is 5.32 Å². The van der Waals surface area contributed by atoms with Crippen molar-refractivity contribution in [3.63, 3.8) is 0 Å². The number of nitrogens with one attached hydrogen (secondary N) is 1. The van der Waals surface area contributed by atoms with Crippen LogP contribution in [0.25, 0.3) is 0 Å². The summed E-state index contributed by atoms with van der Waals surface area (Å²) < 4.78 is 22.1. The van der Waals surface area contributed by atoms with Gasteiger partial charge in [0.15, 0.2) is 0 Å². The van der Waals surface area contributed by atoms with E-state index in [1.165, 1.54) is 25.5 Å². The second-order valence-corrected chi connectivity index (χ2v) is 8.64. The van der Waals surface area contributed by atoms with E-state index in [1.807, 2.05) is 11.8 Å². The average Bonchev–Trinajstić information content (AvgIpc) is 2.56. The summed E-state index contributed by atoms with van der Waals surface area (Å²) in [5.41, 5.74) is 0. The summed E-state index contributed by atoms with van der Waals surface area (Å²) in [6, 6.07) is 0.630. The van der Waals surface area contributed by atoms with E-state index in [0.29, 0.717) is 23.0 Å². The van der Waals surface area contributed by atoms with Crippen LogP contribution in [-0.4, -0.2) is 44.0 Å². The van der Waals surface area contributed by atoms with Gasteiger partial charge in [0.1, 0.15) is 9.84 Å². The summed E-state index contributed by atoms with van der Waals surface area (Å²) in [5.74, 6) is 1.72. The van der Waals surface area contributed by atoms with E-state index < -0.39 is 9.84 Å². The summed E-state index contributed by atoms with van der Waals surface area (Å²) in [6.45, 7) is 5.57. The van der Waals surface area contributed by atoms with Gasteiger partial charge in [0.05, 0.1) is 5.75 Å². The molecule has 1 saturated carbocycles. The maximum absolute atomic E-state index is 11.1. The first-order valence-corrected chi connectivity index (χ1v) is 9.57. The molecule has 1 rings (SSSR count). The fourth-order valence-electron chi connectivity index (χ4n) is 2.33. The maximum atomic E-state index is 11.1. The molecule has 1 fully saturated rings. The van der Waals surface area contributed by atoms with Crippen LogP contribution in [-0.2, 0) is 9.84 Å². The molecule has 17 heavy (non-hydrogen) atoms. The Bertz CT molecular complexity index is 316. The highest BCUT2D eigenvalue weighted by atomic mass is 32.2. The topological polar surface area (TPSA) is 46.2 Å². The molecule has 1 aliphatic carbocycles. The average molecular weight is 279 g/mol. The summed E-state index contributed by atoms with van der Waals surface area (Å²) in [6.07, 6.45) is 4.95. The first-order chi connectivity index (χ1) is 7.94. The number of thioether (sulfide) groups is 1. The first kappa shape index (κ1) is 15.3. The van der Waals surface area contributed by atoms with Crippen molar-refractivity contribution < 1.29 is 8.42 Å². The summed E-state index contributed by atoms with van der Waals surface area (Å²) >= 11 is 1.84. The molecule has 0 spiro atoms. The van der Waals surface area contributed by atoms with E-state index in [-0.39, 0.29) is 0 Å². The van der Waals surface area contributed by atoms with Crippen LogP contribution in [0.1, 0.15) is 33.1 Å². The maximum Gasteiger partial charge on any atom is 0.148 e. The standard InChI is InChI=1S/C12H25NO2S2/c1-4-7-13-11-5-6-12(10(11)2)16-8-9-17(3,14)15/h10-13H,4-9H2,1-3H3. The van der Waals surface area contributed by atoms with E-state index in [4.69, 9.17) is 0 Å². The molecule has 0 aromatic heterocycles. The Morgan fingerprint density at radius 2 is 2.06 bits per heavy atom. The highest BCUT2D eigenvalue weighted by Crippen LogP contribution is 2.35. The van der Waals surface area contributed by atoms with Crippen molar-refractivity contribution in [2.75, 3.05) is 24.3 Å². The molecule has 0 aromatic rings. The largest absolute Gasteiger partial charge is 0.314 e. The van der Waals surface area contributed by atoms with Gasteiger partial charge in [-0.05, 0) is 31.7 Å². The molecular formula is C12H25NO2S2. The highest BCUT2D eigenvalue weighted by molar-refractivity contribution is 8.01. The normalized spacial score (nSPS) is 29.7. The summed E-state index contributed by atoms with van der Waals surface area (Å²) in [4.78, 5) is 0. The van der Waals surface area contributed by atoms with Crippen LogP contribution >= 0.6 is 11.8 Å². The number of hydrogen-bond donors (Lipinski definition) is 1. The van der Waals surface area contributed by atoms with Gasteiger partial charge in [0.2, 0.25) is 0 Å². The van der Waals surface area contributed by atoms with Crippen molar-refractivity contribution >= 4 is 21.6 Å². The molecule has 1 N–H and O–H groups in total. The third-order valence-corrected chi connectivity index (χ3v) is 6.16. The molecule has 0 aliphatic heterocycles. The molecule has 0 amide bonds. The van der Waals surface area contributed by atoms with Crippen LogP contribution in [0.3, 0.4) is 0 Å². The third-order valence-electron chi connectivity index (χ3n) is 3.43. The predicted molar refractivity (Wildman–Crippen MR) is 76.4 cm³/mol. The highest BCUT2D eigenvalue weighted by Gasteiger charge is 2.32. The molecule has 3 atom stereocenters. The van der Waals surface area contributed by atoms with E-state index in [9.17, 15) is 8.42 Å². The lowest BCUT2D eigenvalue weighted by Gasteiger charge is -2.21. The Morgan fingerprint density at radius 3 is 2.65 bits per heavy atom. The van der Waals surface area contributed by atoms with Crippen molar-refractivity contribution in [1.29, 1.82) is 0 Å². The molecule has 3 unspecified atom stereocenters. The Labute approximate surface area is 110 Å². The van der Waals surface area contributed by atoms with E-state index in [2.05, 4.69) is 19.2 Å². The Morgan fingerprint density at radius 1 is 1.35 bits per heavy atom. The fraction of sp³-hybridized carbons (Fsp3) is 1.00. The quantitative estimate of drug-likeness (QED) is 0.773. The van der Waals surface area contributed by atoms with Gasteiger partial charge in [-0.2, -0.15) is 11.8 Å². The lowest BCUT2D eigenvalue weighted by molar-refractivity contribution is 0.432. The fourth-order valence-corrected chi connectivity index (χ4v) is 5.03. The minimum atomic E-state index is -2.80. The van der Waals surface area contributed by atoms with Crippen LogP contribution in [0.15, 0.2) is 0 Å². The zero-order valence-corrected chi connectivity index (χ0v) is 12.7. The van der Waals surface area contributed by atoms with Gasteiger partial charge >= 0.3 is 0 Å². The van der Waals surface area contributed by atoms with Gasteiger partial charge in [-0.1, -0.05) is 13.8 Å². The minimum Gasteiger partial charge on any atom is -0.314 e. The second kappa shape index (κ2) is 7.00. The van der Waals surface area contributed by atoms with E-state index in [1.54, 1.807) is 0 Å². The number of hydrogen-bond acceptors (Lipinski definition) is 4. The molecule has 0 radical (unpaired) electrons. The summed E-state index contributed by atoms with van der Waals surface area (Å²) in [7, 11) is -2.80. The van der Waals surface area contributed by atoms with Crippen molar-refractivity contribution in [2.45, 2.75) is 44.4 Å². The van der Waals surface area contributed by atoms with Gasteiger partial charge in [0, 0.05) is 23.3 Å². The van der Waals surface area contributed by atoms with Crippen molar-refractivity contribution in [1.82, 2.24) is 5.32 Å². The van der Waals surface area contributed by atoms with Crippen molar-refractivity contribution in [3.8, 4) is 0 Å². The van der Waals surface area contributed by atoms with E-state index in [0.717, 1.165) is 12.3 Å².